The van der Waals surface area contributed by atoms with Gasteiger partial charge in [-0.2, -0.15) is 5.26 Å². The number of nitriles is 1. The minimum absolute atomic E-state index is 0.114. The molecule has 82 valence electrons. The maximum atomic E-state index is 11.7. The van der Waals surface area contributed by atoms with Gasteiger partial charge in [-0.3, -0.25) is 4.79 Å². The highest BCUT2D eigenvalue weighted by Crippen LogP contribution is 2.35. The van der Waals surface area contributed by atoms with Crippen molar-refractivity contribution in [2.45, 2.75) is 6.42 Å². The number of carbonyl (C=O) groups excluding carboxylic acids is 1. The van der Waals surface area contributed by atoms with Crippen LogP contribution in [0.2, 0.25) is 0 Å². The van der Waals surface area contributed by atoms with Gasteiger partial charge in [0.05, 0.1) is 18.9 Å². The number of ketones is 1. The molecule has 1 aromatic carbocycles. The fourth-order valence-electron chi connectivity index (χ4n) is 1.96. The summed E-state index contributed by atoms with van der Waals surface area (Å²) in [5, 5.41) is 8.76. The van der Waals surface area contributed by atoms with Crippen molar-refractivity contribution >= 4 is 11.5 Å². The molecular formula is C12H12N2O2. The van der Waals surface area contributed by atoms with E-state index in [4.69, 9.17) is 10.00 Å². The van der Waals surface area contributed by atoms with E-state index < -0.39 is 0 Å². The van der Waals surface area contributed by atoms with Crippen LogP contribution in [0.1, 0.15) is 16.8 Å². The Kier molecular flexibility index (Phi) is 2.78. The third-order valence-electron chi connectivity index (χ3n) is 2.71. The Balaban J connectivity index is 2.53. The summed E-state index contributed by atoms with van der Waals surface area (Å²) in [5.41, 5.74) is 1.41. The molecule has 0 saturated carbocycles. The molecule has 4 nitrogen and oxygen atoms in total. The lowest BCUT2D eigenvalue weighted by Crippen LogP contribution is -2.32. The van der Waals surface area contributed by atoms with Gasteiger partial charge in [0.15, 0.2) is 5.78 Å². The zero-order valence-electron chi connectivity index (χ0n) is 9.06. The van der Waals surface area contributed by atoms with Gasteiger partial charge in [0.1, 0.15) is 12.3 Å². The number of hydrogen-bond acceptors (Lipinski definition) is 4. The lowest BCUT2D eigenvalue weighted by atomic mass is 10.00. The van der Waals surface area contributed by atoms with Crippen LogP contribution >= 0.6 is 0 Å². The topological polar surface area (TPSA) is 53.3 Å². The molecular weight excluding hydrogens is 204 g/mol. The molecule has 1 aliphatic rings. The summed E-state index contributed by atoms with van der Waals surface area (Å²) in [6.45, 7) is 0.862. The van der Waals surface area contributed by atoms with Crippen LogP contribution in [0.25, 0.3) is 0 Å². The van der Waals surface area contributed by atoms with Crippen LogP contribution in [-0.2, 0) is 0 Å². The maximum Gasteiger partial charge on any atom is 0.166 e. The molecule has 16 heavy (non-hydrogen) atoms. The lowest BCUT2D eigenvalue weighted by molar-refractivity contribution is 0.0979. The molecule has 0 spiro atoms. The molecule has 0 N–H and O–H groups in total. The molecule has 0 aromatic heterocycles. The van der Waals surface area contributed by atoms with Crippen LogP contribution in [0.5, 0.6) is 5.75 Å². The van der Waals surface area contributed by atoms with Gasteiger partial charge in [0.2, 0.25) is 0 Å². The molecule has 1 aliphatic heterocycles. The van der Waals surface area contributed by atoms with Crippen LogP contribution in [0.15, 0.2) is 18.2 Å². The first-order valence-corrected chi connectivity index (χ1v) is 5.10. The molecule has 0 atom stereocenters. The number of fused-ring (bicyclic) bond motifs is 1. The number of rotatable bonds is 2. The van der Waals surface area contributed by atoms with Crippen molar-refractivity contribution in [3.63, 3.8) is 0 Å². The van der Waals surface area contributed by atoms with Crippen molar-refractivity contribution in [2.75, 3.05) is 25.1 Å². The smallest absolute Gasteiger partial charge is 0.166 e. The van der Waals surface area contributed by atoms with Gasteiger partial charge in [-0.05, 0) is 12.1 Å². The third kappa shape index (κ3) is 1.61. The molecule has 0 unspecified atom stereocenters. The van der Waals surface area contributed by atoms with Gasteiger partial charge >= 0.3 is 0 Å². The van der Waals surface area contributed by atoms with Crippen LogP contribution in [0, 0.1) is 11.3 Å². The Morgan fingerprint density at radius 3 is 3.06 bits per heavy atom. The molecule has 0 amide bonds. The first kappa shape index (κ1) is 10.5. The minimum atomic E-state index is 0.114. The summed E-state index contributed by atoms with van der Waals surface area (Å²) in [4.78, 5) is 13.6. The van der Waals surface area contributed by atoms with Gasteiger partial charge in [-0.25, -0.2) is 0 Å². The Bertz CT molecular complexity index is 463. The summed E-state index contributed by atoms with van der Waals surface area (Å²) in [7, 11) is 1.57. The summed E-state index contributed by atoms with van der Waals surface area (Å²) in [6.07, 6.45) is 0.460. The molecule has 0 aliphatic carbocycles. The lowest BCUT2D eigenvalue weighted by Gasteiger charge is -2.29. The second kappa shape index (κ2) is 4.23. The zero-order valence-corrected chi connectivity index (χ0v) is 9.06. The number of hydrogen-bond donors (Lipinski definition) is 0. The standard InChI is InChI=1S/C12H12N2O2/c1-16-11-4-2-3-9-10(15)5-7-14(8-6-13)12(9)11/h2-4H,5,7-8H2,1H3. The van der Waals surface area contributed by atoms with E-state index in [0.717, 1.165) is 5.69 Å². The minimum Gasteiger partial charge on any atom is -0.495 e. The quantitative estimate of drug-likeness (QED) is 0.705. The Hall–Kier alpha value is -2.02. The van der Waals surface area contributed by atoms with Crippen molar-refractivity contribution in [2.24, 2.45) is 0 Å². The fourth-order valence-corrected chi connectivity index (χ4v) is 1.96. The first-order chi connectivity index (χ1) is 7.77. The van der Waals surface area contributed by atoms with Crippen LogP contribution in [0.3, 0.4) is 0 Å². The predicted molar refractivity (Wildman–Crippen MR) is 59.8 cm³/mol. The Morgan fingerprint density at radius 1 is 1.56 bits per heavy atom. The van der Waals surface area contributed by atoms with Crippen molar-refractivity contribution < 1.29 is 9.53 Å². The molecule has 4 heteroatoms. The second-order valence-corrected chi connectivity index (χ2v) is 3.61. The van der Waals surface area contributed by atoms with Crippen molar-refractivity contribution in [3.05, 3.63) is 23.8 Å². The largest absolute Gasteiger partial charge is 0.495 e. The average Bonchev–Trinajstić information content (AvgIpc) is 2.32. The zero-order chi connectivity index (χ0) is 11.5. The number of carbonyl (C=O) groups is 1. The van der Waals surface area contributed by atoms with E-state index >= 15 is 0 Å². The summed E-state index contributed by atoms with van der Waals surface area (Å²) < 4.78 is 5.23. The van der Waals surface area contributed by atoms with Crippen LogP contribution < -0.4 is 9.64 Å². The molecule has 1 heterocycles. The number of ether oxygens (including phenoxy) is 1. The van der Waals surface area contributed by atoms with E-state index in [0.29, 0.717) is 24.3 Å². The molecule has 2 rings (SSSR count). The highest BCUT2D eigenvalue weighted by Gasteiger charge is 2.25. The third-order valence-corrected chi connectivity index (χ3v) is 2.71. The number of Topliss-reactive ketones (excluding diaryl/α,β-unsaturated/α-hetero) is 1. The van der Waals surface area contributed by atoms with Gasteiger partial charge in [-0.15, -0.1) is 0 Å². The Labute approximate surface area is 94.0 Å². The number of para-hydroxylation sites is 1. The summed E-state index contributed by atoms with van der Waals surface area (Å²) in [5.74, 6) is 0.767. The van der Waals surface area contributed by atoms with Gasteiger partial charge in [0, 0.05) is 18.5 Å². The van der Waals surface area contributed by atoms with Crippen LogP contribution in [0.4, 0.5) is 5.69 Å². The second-order valence-electron chi connectivity index (χ2n) is 3.61. The van der Waals surface area contributed by atoms with Gasteiger partial charge in [0.25, 0.3) is 0 Å². The van der Waals surface area contributed by atoms with E-state index in [1.165, 1.54) is 0 Å². The Morgan fingerprint density at radius 2 is 2.38 bits per heavy atom. The number of nitrogens with zero attached hydrogens (tertiary/aromatic N) is 2. The highest BCUT2D eigenvalue weighted by atomic mass is 16.5. The van der Waals surface area contributed by atoms with E-state index in [9.17, 15) is 4.79 Å². The molecule has 0 saturated heterocycles. The van der Waals surface area contributed by atoms with E-state index in [-0.39, 0.29) is 12.3 Å². The van der Waals surface area contributed by atoms with Crippen molar-refractivity contribution in [3.8, 4) is 11.8 Å². The monoisotopic (exact) mass is 216 g/mol. The molecule has 0 radical (unpaired) electrons. The number of anilines is 1. The van der Waals surface area contributed by atoms with Gasteiger partial charge in [-0.1, -0.05) is 6.07 Å². The predicted octanol–water partition coefficient (Wildman–Crippen LogP) is 1.61. The van der Waals surface area contributed by atoms with Gasteiger partial charge < -0.3 is 9.64 Å². The fraction of sp³-hybridized carbons (Fsp3) is 0.333. The van der Waals surface area contributed by atoms with Crippen LogP contribution in [-0.4, -0.2) is 26.0 Å². The van der Waals surface area contributed by atoms with E-state index in [1.807, 2.05) is 11.0 Å². The number of benzene rings is 1. The van der Waals surface area contributed by atoms with E-state index in [2.05, 4.69) is 6.07 Å². The summed E-state index contributed by atoms with van der Waals surface area (Å²) in [6, 6.07) is 7.49. The van der Waals surface area contributed by atoms with Crippen molar-refractivity contribution in [1.82, 2.24) is 0 Å². The SMILES string of the molecule is COc1cccc2c1N(CC#N)CCC2=O. The normalized spacial score (nSPS) is 14.2. The summed E-state index contributed by atoms with van der Waals surface area (Å²) >= 11 is 0. The van der Waals surface area contributed by atoms with E-state index in [1.54, 1.807) is 19.2 Å². The molecule has 0 bridgehead atoms. The van der Waals surface area contributed by atoms with Crippen molar-refractivity contribution in [1.29, 1.82) is 5.26 Å². The molecule has 1 aromatic rings. The number of methoxy groups -OCH3 is 1. The first-order valence-electron chi connectivity index (χ1n) is 5.10. The maximum absolute atomic E-state index is 11.7. The molecule has 0 fully saturated rings. The highest BCUT2D eigenvalue weighted by molar-refractivity contribution is 6.04. The average molecular weight is 216 g/mol.